The van der Waals surface area contributed by atoms with Crippen LogP contribution in [0.2, 0.25) is 0 Å². The van der Waals surface area contributed by atoms with Gasteiger partial charge in [-0.3, -0.25) is 4.99 Å². The van der Waals surface area contributed by atoms with Crippen molar-refractivity contribution < 1.29 is 9.47 Å². The molecule has 1 saturated carbocycles. The number of nitrogens with one attached hydrogen (secondary N) is 2. The zero-order valence-corrected chi connectivity index (χ0v) is 13.1. The molecule has 1 aromatic rings. The Morgan fingerprint density at radius 2 is 2.00 bits per heavy atom. The van der Waals surface area contributed by atoms with Crippen LogP contribution in [0.4, 0.5) is 5.69 Å². The molecular formula is C16H25N3O2. The van der Waals surface area contributed by atoms with Crippen molar-refractivity contribution in [1.29, 1.82) is 0 Å². The Morgan fingerprint density at radius 3 is 2.62 bits per heavy atom. The first-order valence-corrected chi connectivity index (χ1v) is 7.46. The first-order valence-electron chi connectivity index (χ1n) is 7.46. The molecule has 0 saturated heterocycles. The number of hydrogen-bond acceptors (Lipinski definition) is 3. The van der Waals surface area contributed by atoms with Gasteiger partial charge >= 0.3 is 0 Å². The van der Waals surface area contributed by atoms with Gasteiger partial charge in [0.2, 0.25) is 0 Å². The number of anilines is 1. The fourth-order valence-electron chi connectivity index (χ4n) is 2.23. The highest BCUT2D eigenvalue weighted by Crippen LogP contribution is 2.33. The van der Waals surface area contributed by atoms with Crippen LogP contribution >= 0.6 is 0 Å². The molecule has 1 aromatic carbocycles. The number of ether oxygens (including phenoxy) is 2. The lowest BCUT2D eigenvalue weighted by atomic mass is 10.2. The molecule has 0 aromatic heterocycles. The standard InChI is InChI=1S/C16H25N3O2/c1-17-16(18-10-4-5-12-6-7-12)19-13-8-9-14(20-2)15(11-13)21-3/h8-9,11-12H,4-7,10H2,1-3H3,(H2,17,18,19). The summed E-state index contributed by atoms with van der Waals surface area (Å²) in [5.41, 5.74) is 0.919. The maximum Gasteiger partial charge on any atom is 0.195 e. The van der Waals surface area contributed by atoms with Crippen LogP contribution in [-0.4, -0.2) is 33.8 Å². The molecule has 21 heavy (non-hydrogen) atoms. The summed E-state index contributed by atoms with van der Waals surface area (Å²) < 4.78 is 10.5. The van der Waals surface area contributed by atoms with Gasteiger partial charge in [-0.2, -0.15) is 0 Å². The number of rotatable bonds is 7. The molecular weight excluding hydrogens is 266 g/mol. The zero-order valence-electron chi connectivity index (χ0n) is 13.1. The van der Waals surface area contributed by atoms with Gasteiger partial charge in [0.25, 0.3) is 0 Å². The minimum atomic E-state index is 0.701. The Kier molecular flexibility index (Phi) is 5.72. The Hall–Kier alpha value is -1.91. The molecule has 1 fully saturated rings. The molecule has 116 valence electrons. The van der Waals surface area contributed by atoms with Gasteiger partial charge in [-0.15, -0.1) is 0 Å². The van der Waals surface area contributed by atoms with Gasteiger partial charge < -0.3 is 20.1 Å². The zero-order chi connectivity index (χ0) is 15.1. The largest absolute Gasteiger partial charge is 0.493 e. The number of guanidine groups is 1. The van der Waals surface area contributed by atoms with Crippen molar-refractivity contribution in [3.63, 3.8) is 0 Å². The second-order valence-electron chi connectivity index (χ2n) is 5.28. The van der Waals surface area contributed by atoms with E-state index >= 15 is 0 Å². The van der Waals surface area contributed by atoms with Crippen LogP contribution < -0.4 is 20.1 Å². The third-order valence-electron chi connectivity index (χ3n) is 3.65. The minimum absolute atomic E-state index is 0.701. The Balaban J connectivity index is 1.85. The molecule has 0 radical (unpaired) electrons. The number of hydrogen-bond donors (Lipinski definition) is 2. The maximum atomic E-state index is 5.30. The summed E-state index contributed by atoms with van der Waals surface area (Å²) in [6, 6.07) is 5.72. The number of methoxy groups -OCH3 is 2. The number of aliphatic imine (C=N–C) groups is 1. The van der Waals surface area contributed by atoms with Gasteiger partial charge in [-0.1, -0.05) is 12.8 Å². The van der Waals surface area contributed by atoms with E-state index in [4.69, 9.17) is 9.47 Å². The summed E-state index contributed by atoms with van der Waals surface area (Å²) in [7, 11) is 5.04. The van der Waals surface area contributed by atoms with Crippen molar-refractivity contribution in [2.24, 2.45) is 10.9 Å². The van der Waals surface area contributed by atoms with E-state index in [-0.39, 0.29) is 0 Å². The van der Waals surface area contributed by atoms with Crippen LogP contribution in [0.5, 0.6) is 11.5 Å². The van der Waals surface area contributed by atoms with Crippen molar-refractivity contribution in [1.82, 2.24) is 5.32 Å². The molecule has 0 amide bonds. The fraction of sp³-hybridized carbons (Fsp3) is 0.562. The van der Waals surface area contributed by atoms with E-state index in [1.165, 1.54) is 25.7 Å². The van der Waals surface area contributed by atoms with E-state index in [9.17, 15) is 0 Å². The van der Waals surface area contributed by atoms with E-state index in [0.717, 1.165) is 29.9 Å². The molecule has 0 unspecified atom stereocenters. The predicted molar refractivity (Wildman–Crippen MR) is 86.5 cm³/mol. The van der Waals surface area contributed by atoms with E-state index in [2.05, 4.69) is 15.6 Å². The van der Waals surface area contributed by atoms with Gasteiger partial charge in [0.05, 0.1) is 14.2 Å². The molecule has 2 rings (SSSR count). The van der Waals surface area contributed by atoms with Gasteiger partial charge in [0.15, 0.2) is 17.5 Å². The molecule has 0 aliphatic heterocycles. The van der Waals surface area contributed by atoms with E-state index in [1.807, 2.05) is 18.2 Å². The van der Waals surface area contributed by atoms with Crippen LogP contribution in [0.3, 0.4) is 0 Å². The fourth-order valence-corrected chi connectivity index (χ4v) is 2.23. The lowest BCUT2D eigenvalue weighted by Gasteiger charge is -2.14. The summed E-state index contributed by atoms with van der Waals surface area (Å²) in [6.07, 6.45) is 5.34. The molecule has 5 heteroatoms. The molecule has 0 heterocycles. The summed E-state index contributed by atoms with van der Waals surface area (Å²) in [4.78, 5) is 4.24. The summed E-state index contributed by atoms with van der Waals surface area (Å²) >= 11 is 0. The van der Waals surface area contributed by atoms with Gasteiger partial charge in [0.1, 0.15) is 0 Å². The van der Waals surface area contributed by atoms with Gasteiger partial charge in [-0.05, 0) is 30.9 Å². The van der Waals surface area contributed by atoms with Crippen LogP contribution in [0.25, 0.3) is 0 Å². The van der Waals surface area contributed by atoms with Crippen LogP contribution in [0.1, 0.15) is 25.7 Å². The molecule has 1 aliphatic rings. The quantitative estimate of drug-likeness (QED) is 0.461. The van der Waals surface area contributed by atoms with Crippen LogP contribution in [0.15, 0.2) is 23.2 Å². The van der Waals surface area contributed by atoms with E-state index in [1.54, 1.807) is 21.3 Å². The minimum Gasteiger partial charge on any atom is -0.493 e. The maximum absolute atomic E-state index is 5.30. The highest BCUT2D eigenvalue weighted by molar-refractivity contribution is 5.93. The highest BCUT2D eigenvalue weighted by atomic mass is 16.5. The topological polar surface area (TPSA) is 54.9 Å². The van der Waals surface area contributed by atoms with Crippen LogP contribution in [-0.2, 0) is 0 Å². The second-order valence-corrected chi connectivity index (χ2v) is 5.28. The SMILES string of the molecule is CN=C(NCCCC1CC1)Nc1ccc(OC)c(OC)c1. The molecule has 2 N–H and O–H groups in total. The van der Waals surface area contributed by atoms with Crippen LogP contribution in [0, 0.1) is 5.92 Å². The molecule has 5 nitrogen and oxygen atoms in total. The van der Waals surface area contributed by atoms with Crippen molar-refractivity contribution in [2.75, 3.05) is 33.1 Å². The smallest absolute Gasteiger partial charge is 0.195 e. The average Bonchev–Trinajstić information content (AvgIpc) is 3.34. The Labute approximate surface area is 126 Å². The first kappa shape index (κ1) is 15.5. The van der Waals surface area contributed by atoms with Crippen molar-refractivity contribution in [2.45, 2.75) is 25.7 Å². The number of nitrogens with zero attached hydrogens (tertiary/aromatic N) is 1. The monoisotopic (exact) mass is 291 g/mol. The van der Waals surface area contributed by atoms with Gasteiger partial charge in [-0.25, -0.2) is 0 Å². The second kappa shape index (κ2) is 7.76. The Bertz CT molecular complexity index is 484. The summed E-state index contributed by atoms with van der Waals surface area (Å²) in [5.74, 6) is 3.17. The van der Waals surface area contributed by atoms with E-state index < -0.39 is 0 Å². The number of benzene rings is 1. The van der Waals surface area contributed by atoms with Crippen molar-refractivity contribution in [3.8, 4) is 11.5 Å². The third kappa shape index (κ3) is 4.85. The molecule has 1 aliphatic carbocycles. The normalized spacial score (nSPS) is 14.7. The van der Waals surface area contributed by atoms with Gasteiger partial charge in [0, 0.05) is 25.3 Å². The van der Waals surface area contributed by atoms with E-state index in [0.29, 0.717) is 5.75 Å². The molecule has 0 spiro atoms. The average molecular weight is 291 g/mol. The highest BCUT2D eigenvalue weighted by Gasteiger charge is 2.19. The molecule has 0 atom stereocenters. The summed E-state index contributed by atoms with van der Waals surface area (Å²) in [5, 5.41) is 6.60. The lowest BCUT2D eigenvalue weighted by Crippen LogP contribution is -2.31. The Morgan fingerprint density at radius 1 is 1.24 bits per heavy atom. The first-order chi connectivity index (χ1) is 10.3. The van der Waals surface area contributed by atoms with Crippen molar-refractivity contribution >= 4 is 11.6 Å². The van der Waals surface area contributed by atoms with Crippen molar-refractivity contribution in [3.05, 3.63) is 18.2 Å². The third-order valence-corrected chi connectivity index (χ3v) is 3.65. The molecule has 0 bridgehead atoms. The lowest BCUT2D eigenvalue weighted by molar-refractivity contribution is 0.355. The predicted octanol–water partition coefficient (Wildman–Crippen LogP) is 2.88. The summed E-state index contributed by atoms with van der Waals surface area (Å²) in [6.45, 7) is 0.948.